The average molecular weight is 353 g/mol. The molecule has 3 aromatic rings. The first-order valence-corrected chi connectivity index (χ1v) is 9.73. The summed E-state index contributed by atoms with van der Waals surface area (Å²) in [4.78, 5) is 3.61. The molecule has 0 saturated carbocycles. The maximum absolute atomic E-state index is 5.98. The van der Waals surface area contributed by atoms with E-state index in [9.17, 15) is 0 Å². The van der Waals surface area contributed by atoms with E-state index in [4.69, 9.17) is 4.42 Å². The Hall–Kier alpha value is -1.98. The van der Waals surface area contributed by atoms with Crippen molar-refractivity contribution in [3.63, 3.8) is 0 Å². The molecule has 3 heterocycles. The third-order valence-electron chi connectivity index (χ3n) is 4.96. The molecule has 1 saturated heterocycles. The highest BCUT2D eigenvalue weighted by molar-refractivity contribution is 7.13. The van der Waals surface area contributed by atoms with Crippen molar-refractivity contribution in [2.75, 3.05) is 13.1 Å². The minimum atomic E-state index is 0.385. The minimum Gasteiger partial charge on any atom is -0.420 e. The number of hydrogen-bond donors (Lipinski definition) is 0. The Morgan fingerprint density at radius 3 is 2.52 bits per heavy atom. The first-order valence-electron chi connectivity index (χ1n) is 8.85. The molecule has 0 aliphatic carbocycles. The van der Waals surface area contributed by atoms with Crippen LogP contribution >= 0.6 is 11.3 Å². The lowest BCUT2D eigenvalue weighted by atomic mass is 9.96. The van der Waals surface area contributed by atoms with Crippen LogP contribution in [0.2, 0.25) is 0 Å². The summed E-state index contributed by atoms with van der Waals surface area (Å²) in [7, 11) is 0. The molecule has 0 radical (unpaired) electrons. The van der Waals surface area contributed by atoms with Crippen LogP contribution < -0.4 is 0 Å². The van der Waals surface area contributed by atoms with Gasteiger partial charge in [0.05, 0.1) is 4.88 Å². The van der Waals surface area contributed by atoms with Crippen LogP contribution in [0.25, 0.3) is 10.8 Å². The highest BCUT2D eigenvalue weighted by Crippen LogP contribution is 2.32. The maximum Gasteiger partial charge on any atom is 0.258 e. The number of thiophene rings is 1. The van der Waals surface area contributed by atoms with Gasteiger partial charge in [0.15, 0.2) is 0 Å². The zero-order chi connectivity index (χ0) is 17.2. The van der Waals surface area contributed by atoms with Gasteiger partial charge in [-0.05, 0) is 62.4 Å². The Morgan fingerprint density at radius 2 is 1.84 bits per heavy atom. The number of hydrogen-bond acceptors (Lipinski definition) is 5. The van der Waals surface area contributed by atoms with Crippen LogP contribution in [0, 0.1) is 13.8 Å². The number of likely N-dealkylation sites (tertiary alicyclic amines) is 1. The number of nitrogens with zero attached hydrogens (tertiary/aromatic N) is 3. The lowest BCUT2D eigenvalue weighted by Gasteiger charge is -2.30. The van der Waals surface area contributed by atoms with Gasteiger partial charge in [0.25, 0.3) is 5.89 Å². The van der Waals surface area contributed by atoms with Crippen molar-refractivity contribution in [3.8, 4) is 10.8 Å². The lowest BCUT2D eigenvalue weighted by molar-refractivity contribution is 0.193. The van der Waals surface area contributed by atoms with Gasteiger partial charge in [-0.15, -0.1) is 21.5 Å². The van der Waals surface area contributed by atoms with Crippen molar-refractivity contribution >= 4 is 11.3 Å². The van der Waals surface area contributed by atoms with E-state index in [1.807, 2.05) is 0 Å². The fraction of sp³-hybridized carbons (Fsp3) is 0.400. The van der Waals surface area contributed by atoms with Gasteiger partial charge in [0, 0.05) is 12.5 Å². The molecule has 0 spiro atoms. The fourth-order valence-corrected chi connectivity index (χ4v) is 4.22. The van der Waals surface area contributed by atoms with Crippen LogP contribution in [0.1, 0.15) is 41.3 Å². The van der Waals surface area contributed by atoms with Crippen LogP contribution in [-0.2, 0) is 6.54 Å². The summed E-state index contributed by atoms with van der Waals surface area (Å²) in [5.74, 6) is 1.86. The molecule has 2 aromatic heterocycles. The van der Waals surface area contributed by atoms with Crippen molar-refractivity contribution in [1.82, 2.24) is 15.1 Å². The molecule has 0 unspecified atom stereocenters. The molecule has 0 bridgehead atoms. The molecule has 5 heteroatoms. The summed E-state index contributed by atoms with van der Waals surface area (Å²) in [6, 6.07) is 10.9. The summed E-state index contributed by atoms with van der Waals surface area (Å²) in [5.41, 5.74) is 3.90. The molecule has 130 valence electrons. The summed E-state index contributed by atoms with van der Waals surface area (Å²) in [6.45, 7) is 7.39. The molecular formula is C20H23N3OS. The quantitative estimate of drug-likeness (QED) is 0.676. The molecule has 1 aliphatic rings. The highest BCUT2D eigenvalue weighted by Gasteiger charge is 2.25. The Balaban J connectivity index is 1.36. The standard InChI is InChI=1S/C20H23N3OS/c1-14-3-5-16(6-4-14)13-23-10-7-17(8-11-23)19-21-22-20(24-19)18-15(2)9-12-25-18/h3-6,9,12,17H,7-8,10-11,13H2,1-2H3. The minimum absolute atomic E-state index is 0.385. The van der Waals surface area contributed by atoms with Gasteiger partial charge >= 0.3 is 0 Å². The molecule has 1 aliphatic heterocycles. The Kier molecular flexibility index (Phi) is 4.68. The van der Waals surface area contributed by atoms with Crippen molar-refractivity contribution in [2.24, 2.45) is 0 Å². The van der Waals surface area contributed by atoms with E-state index in [0.29, 0.717) is 11.8 Å². The van der Waals surface area contributed by atoms with E-state index in [-0.39, 0.29) is 0 Å². The first-order chi connectivity index (χ1) is 12.2. The number of piperidine rings is 1. The van der Waals surface area contributed by atoms with Gasteiger partial charge < -0.3 is 4.42 Å². The summed E-state index contributed by atoms with van der Waals surface area (Å²) < 4.78 is 5.98. The molecule has 0 N–H and O–H groups in total. The maximum atomic E-state index is 5.98. The van der Waals surface area contributed by atoms with Crippen molar-refractivity contribution in [3.05, 3.63) is 58.3 Å². The van der Waals surface area contributed by atoms with Crippen LogP contribution in [0.15, 0.2) is 40.1 Å². The average Bonchev–Trinajstić information content (AvgIpc) is 3.26. The monoisotopic (exact) mass is 353 g/mol. The third kappa shape index (κ3) is 3.67. The van der Waals surface area contributed by atoms with E-state index in [1.165, 1.54) is 16.7 Å². The van der Waals surface area contributed by atoms with Gasteiger partial charge in [-0.3, -0.25) is 4.90 Å². The van der Waals surface area contributed by atoms with Crippen molar-refractivity contribution < 1.29 is 4.42 Å². The lowest BCUT2D eigenvalue weighted by Crippen LogP contribution is -2.32. The highest BCUT2D eigenvalue weighted by atomic mass is 32.1. The molecule has 1 aromatic carbocycles. The molecular weight excluding hydrogens is 330 g/mol. The zero-order valence-corrected chi connectivity index (χ0v) is 15.6. The fourth-order valence-electron chi connectivity index (χ4n) is 3.37. The number of aryl methyl sites for hydroxylation is 2. The second-order valence-corrected chi connectivity index (χ2v) is 7.83. The molecule has 4 nitrogen and oxygen atoms in total. The normalized spacial score (nSPS) is 16.4. The van der Waals surface area contributed by atoms with E-state index in [0.717, 1.165) is 43.2 Å². The molecule has 0 amide bonds. The number of aromatic nitrogens is 2. The summed E-state index contributed by atoms with van der Waals surface area (Å²) in [6.07, 6.45) is 2.16. The zero-order valence-electron chi connectivity index (χ0n) is 14.7. The summed E-state index contributed by atoms with van der Waals surface area (Å²) in [5, 5.41) is 10.7. The van der Waals surface area contributed by atoms with E-state index < -0.39 is 0 Å². The molecule has 4 rings (SSSR count). The Morgan fingerprint density at radius 1 is 1.08 bits per heavy atom. The topological polar surface area (TPSA) is 42.2 Å². The van der Waals surface area contributed by atoms with Crippen LogP contribution in [-0.4, -0.2) is 28.2 Å². The second kappa shape index (κ2) is 7.10. The number of rotatable bonds is 4. The van der Waals surface area contributed by atoms with Gasteiger partial charge in [0.1, 0.15) is 0 Å². The van der Waals surface area contributed by atoms with Crippen molar-refractivity contribution in [2.45, 2.75) is 39.2 Å². The molecule has 0 atom stereocenters. The molecule has 25 heavy (non-hydrogen) atoms. The summed E-state index contributed by atoms with van der Waals surface area (Å²) >= 11 is 1.66. The van der Waals surface area contributed by atoms with E-state index in [1.54, 1.807) is 11.3 Å². The van der Waals surface area contributed by atoms with Crippen LogP contribution in [0.5, 0.6) is 0 Å². The number of benzene rings is 1. The van der Waals surface area contributed by atoms with E-state index >= 15 is 0 Å². The van der Waals surface area contributed by atoms with E-state index in [2.05, 4.69) is 64.7 Å². The largest absolute Gasteiger partial charge is 0.420 e. The van der Waals surface area contributed by atoms with Crippen LogP contribution in [0.4, 0.5) is 0 Å². The predicted molar refractivity (Wildman–Crippen MR) is 101 cm³/mol. The third-order valence-corrected chi connectivity index (χ3v) is 5.97. The van der Waals surface area contributed by atoms with Crippen LogP contribution in [0.3, 0.4) is 0 Å². The molecule has 1 fully saturated rings. The predicted octanol–water partition coefficient (Wildman–Crippen LogP) is 4.79. The SMILES string of the molecule is Cc1ccc(CN2CCC(c3nnc(-c4sccc4C)o3)CC2)cc1. The second-order valence-electron chi connectivity index (χ2n) is 6.91. The Labute approximate surface area is 152 Å². The van der Waals surface area contributed by atoms with Gasteiger partial charge in [-0.1, -0.05) is 29.8 Å². The smallest absolute Gasteiger partial charge is 0.258 e. The first kappa shape index (κ1) is 16.5. The Bertz CT molecular complexity index is 829. The van der Waals surface area contributed by atoms with Gasteiger partial charge in [-0.2, -0.15) is 0 Å². The van der Waals surface area contributed by atoms with Gasteiger partial charge in [0.2, 0.25) is 5.89 Å². The van der Waals surface area contributed by atoms with Gasteiger partial charge in [-0.25, -0.2) is 0 Å². The van der Waals surface area contributed by atoms with Crippen molar-refractivity contribution in [1.29, 1.82) is 0 Å².